The van der Waals surface area contributed by atoms with E-state index >= 15 is 0 Å². The van der Waals surface area contributed by atoms with Crippen LogP contribution in [0.4, 0.5) is 5.69 Å². The molecule has 0 bridgehead atoms. The quantitative estimate of drug-likeness (QED) is 0.337. The molecule has 0 atom stereocenters. The van der Waals surface area contributed by atoms with Crippen LogP contribution in [0.25, 0.3) is 0 Å². The third-order valence-electron chi connectivity index (χ3n) is 3.39. The van der Waals surface area contributed by atoms with Gasteiger partial charge in [-0.2, -0.15) is 0 Å². The van der Waals surface area contributed by atoms with E-state index in [0.717, 1.165) is 11.8 Å². The zero-order chi connectivity index (χ0) is 19.8. The summed E-state index contributed by atoms with van der Waals surface area (Å²) in [5, 5.41) is 3.15. The van der Waals surface area contributed by atoms with Gasteiger partial charge in [0.05, 0.1) is 24.1 Å². The Morgan fingerprint density at radius 3 is 2.50 bits per heavy atom. The Balaban J connectivity index is 0.00000392. The van der Waals surface area contributed by atoms with Gasteiger partial charge in [-0.15, -0.1) is 13.2 Å². The van der Waals surface area contributed by atoms with Gasteiger partial charge in [-0.25, -0.2) is 4.79 Å². The van der Waals surface area contributed by atoms with Crippen molar-refractivity contribution in [3.05, 3.63) is 66.1 Å². The predicted octanol–water partition coefficient (Wildman–Crippen LogP) is -0.397. The largest absolute Gasteiger partial charge is 1.00 e. The lowest BCUT2D eigenvalue weighted by Gasteiger charge is -2.12. The molecule has 0 unspecified atom stereocenters. The first-order valence-corrected chi connectivity index (χ1v) is 8.78. The molecule has 1 N–H and O–H groups in total. The Morgan fingerprint density at radius 1 is 1.25 bits per heavy atom. The molecule has 2 rings (SSSR count). The van der Waals surface area contributed by atoms with Crippen molar-refractivity contribution >= 4 is 40.4 Å². The second-order valence-corrected chi connectivity index (χ2v) is 6.29. The summed E-state index contributed by atoms with van der Waals surface area (Å²) in [6.07, 6.45) is 4.44. The van der Waals surface area contributed by atoms with Gasteiger partial charge in [0.2, 0.25) is 5.91 Å². The third-order valence-corrected chi connectivity index (χ3v) is 4.44. The number of carbonyl (C=O) groups excluding carboxylic acids is 3. The minimum absolute atomic E-state index is 0. The van der Waals surface area contributed by atoms with Gasteiger partial charge in [-0.05, 0) is 36.0 Å². The highest BCUT2D eigenvalue weighted by Gasteiger charge is 2.32. The van der Waals surface area contributed by atoms with Crippen LogP contribution in [0.3, 0.4) is 0 Å². The molecular weight excluding hydrogens is 446 g/mol. The molecule has 1 aromatic carbocycles. The zero-order valence-electron chi connectivity index (χ0n) is 15.2. The highest BCUT2D eigenvalue weighted by atomic mass is 79.9. The fourth-order valence-corrected chi connectivity index (χ4v) is 3.13. The number of nitrogens with one attached hydrogen (secondary N) is 1. The molecule has 0 saturated carbocycles. The summed E-state index contributed by atoms with van der Waals surface area (Å²) in [6, 6.07) is 6.23. The van der Waals surface area contributed by atoms with Gasteiger partial charge in [-0.3, -0.25) is 19.5 Å². The summed E-state index contributed by atoms with van der Waals surface area (Å²) in [5.41, 5.74) is 0.863. The second-order valence-electron chi connectivity index (χ2n) is 5.29. The maximum absolute atomic E-state index is 12.5. The lowest BCUT2D eigenvalue weighted by atomic mass is 10.2. The van der Waals surface area contributed by atoms with Crippen LogP contribution in [0.15, 0.2) is 65.5 Å². The zero-order valence-corrected chi connectivity index (χ0v) is 17.6. The summed E-state index contributed by atoms with van der Waals surface area (Å²) < 4.78 is 4.62. The molecule has 0 aromatic heterocycles. The Kier molecular flexibility index (Phi) is 9.40. The van der Waals surface area contributed by atoms with Gasteiger partial charge < -0.3 is 27.0 Å². The fraction of sp³-hybridized carbons (Fsp3) is 0.158. The molecule has 0 radical (unpaired) electrons. The lowest BCUT2D eigenvalue weighted by Crippen LogP contribution is -3.00. The number of amidine groups is 1. The van der Waals surface area contributed by atoms with Gasteiger partial charge >= 0.3 is 5.97 Å². The van der Waals surface area contributed by atoms with E-state index in [1.165, 1.54) is 30.2 Å². The highest BCUT2D eigenvalue weighted by Crippen LogP contribution is 2.30. The van der Waals surface area contributed by atoms with Gasteiger partial charge in [0.1, 0.15) is 0 Å². The number of esters is 1. The number of thioether (sulfide) groups is 1. The molecular formula is C19H19BrN3O4S-. The van der Waals surface area contributed by atoms with Gasteiger partial charge in [0.25, 0.3) is 5.91 Å². The van der Waals surface area contributed by atoms with Crippen LogP contribution in [0, 0.1) is 0 Å². The monoisotopic (exact) mass is 464 g/mol. The third kappa shape index (κ3) is 5.93. The van der Waals surface area contributed by atoms with Crippen LogP contribution in [0.5, 0.6) is 0 Å². The number of benzene rings is 1. The van der Waals surface area contributed by atoms with Crippen LogP contribution < -0.4 is 22.3 Å². The summed E-state index contributed by atoms with van der Waals surface area (Å²) >= 11 is 1.12. The molecule has 7 nitrogen and oxygen atoms in total. The van der Waals surface area contributed by atoms with Crippen LogP contribution in [-0.2, 0) is 14.3 Å². The first kappa shape index (κ1) is 23.4. The smallest absolute Gasteiger partial charge is 0.337 e. The number of anilines is 1. The van der Waals surface area contributed by atoms with Crippen molar-refractivity contribution in [2.45, 2.75) is 0 Å². The van der Waals surface area contributed by atoms with Gasteiger partial charge in [-0.1, -0.05) is 12.2 Å². The van der Waals surface area contributed by atoms with E-state index in [1.807, 2.05) is 0 Å². The average molecular weight is 465 g/mol. The number of halogens is 1. The van der Waals surface area contributed by atoms with Crippen LogP contribution in [0.2, 0.25) is 0 Å². The van der Waals surface area contributed by atoms with Crippen LogP contribution >= 0.6 is 11.8 Å². The van der Waals surface area contributed by atoms with Crippen molar-refractivity contribution in [3.63, 3.8) is 0 Å². The van der Waals surface area contributed by atoms with E-state index in [2.05, 4.69) is 28.2 Å². The highest BCUT2D eigenvalue weighted by molar-refractivity contribution is 8.18. The Labute approximate surface area is 178 Å². The molecule has 9 heteroatoms. The molecule has 0 aliphatic carbocycles. The van der Waals surface area contributed by atoms with Crippen molar-refractivity contribution in [3.8, 4) is 0 Å². The standard InChI is InChI=1S/C19H19N3O4S.BrH/c1-4-10-20-19-22(11-5-2)17(24)15(27-19)12-16(23)21-14-8-6-13(7-9-14)18(25)26-3;/h4-9,12H,1-2,10-11H2,3H3,(H,21,23);1H/p-1/b15-12+,20-19?;. The Morgan fingerprint density at radius 2 is 1.93 bits per heavy atom. The summed E-state index contributed by atoms with van der Waals surface area (Å²) in [4.78, 5) is 42.1. The van der Waals surface area contributed by atoms with E-state index < -0.39 is 11.9 Å². The van der Waals surface area contributed by atoms with E-state index in [-0.39, 0.29) is 27.8 Å². The molecule has 1 aliphatic rings. The number of hydrogen-bond donors (Lipinski definition) is 1. The number of hydrogen-bond acceptors (Lipinski definition) is 6. The summed E-state index contributed by atoms with van der Waals surface area (Å²) in [5.74, 6) is -1.23. The van der Waals surface area contributed by atoms with Gasteiger partial charge in [0, 0.05) is 18.3 Å². The number of amides is 2. The second kappa shape index (κ2) is 11.3. The lowest BCUT2D eigenvalue weighted by molar-refractivity contribution is -0.122. The first-order valence-electron chi connectivity index (χ1n) is 7.97. The van der Waals surface area contributed by atoms with Crippen molar-refractivity contribution < 1.29 is 36.1 Å². The van der Waals surface area contributed by atoms with E-state index in [1.54, 1.807) is 24.3 Å². The number of carbonyl (C=O) groups is 3. The van der Waals surface area contributed by atoms with Crippen molar-refractivity contribution in [2.24, 2.45) is 4.99 Å². The predicted molar refractivity (Wildman–Crippen MR) is 106 cm³/mol. The van der Waals surface area contributed by atoms with E-state index in [9.17, 15) is 14.4 Å². The molecule has 1 saturated heterocycles. The molecule has 1 heterocycles. The van der Waals surface area contributed by atoms with Gasteiger partial charge in [0.15, 0.2) is 5.17 Å². The number of nitrogens with zero attached hydrogens (tertiary/aromatic N) is 2. The topological polar surface area (TPSA) is 88.1 Å². The normalized spacial score (nSPS) is 15.9. The average Bonchev–Trinajstić information content (AvgIpc) is 2.95. The summed E-state index contributed by atoms with van der Waals surface area (Å²) in [6.45, 7) is 7.90. The van der Waals surface area contributed by atoms with Crippen LogP contribution in [0.1, 0.15) is 10.4 Å². The number of ether oxygens (including phenoxy) is 1. The molecule has 2 amide bonds. The van der Waals surface area contributed by atoms with Crippen molar-refractivity contribution in [2.75, 3.05) is 25.5 Å². The van der Waals surface area contributed by atoms with Crippen molar-refractivity contribution in [1.29, 1.82) is 0 Å². The molecule has 1 aliphatic heterocycles. The Hall–Kier alpha value is -2.65. The Bertz CT molecular complexity index is 834. The van der Waals surface area contributed by atoms with Crippen molar-refractivity contribution in [1.82, 2.24) is 4.90 Å². The number of aliphatic imine (C=N–C) groups is 1. The fourth-order valence-electron chi connectivity index (χ4n) is 2.16. The molecule has 0 spiro atoms. The minimum atomic E-state index is -0.461. The SMILES string of the molecule is C=CCN=C1S/C(=C/C(=O)Nc2ccc(C(=O)OC)cc2)C(=O)N1CC=C.[Br-]. The van der Waals surface area contributed by atoms with E-state index in [4.69, 9.17) is 0 Å². The molecule has 28 heavy (non-hydrogen) atoms. The molecule has 1 aromatic rings. The molecule has 148 valence electrons. The maximum Gasteiger partial charge on any atom is 0.337 e. The molecule has 1 fully saturated rings. The number of methoxy groups -OCH3 is 1. The first-order chi connectivity index (χ1) is 13.0. The van der Waals surface area contributed by atoms with E-state index in [0.29, 0.717) is 29.5 Å². The van der Waals surface area contributed by atoms with Crippen LogP contribution in [-0.4, -0.2) is 48.1 Å². The number of rotatable bonds is 7. The maximum atomic E-state index is 12.5. The minimum Gasteiger partial charge on any atom is -1.00 e. The summed E-state index contributed by atoms with van der Waals surface area (Å²) in [7, 11) is 1.29.